The van der Waals surface area contributed by atoms with Crippen molar-refractivity contribution < 1.29 is 9.90 Å². The van der Waals surface area contributed by atoms with Crippen LogP contribution in [0.2, 0.25) is 0 Å². The second-order valence-electron chi connectivity index (χ2n) is 2.77. The number of aldehydes is 1. The van der Waals surface area contributed by atoms with Crippen molar-refractivity contribution in [1.82, 2.24) is 4.90 Å². The van der Waals surface area contributed by atoms with Gasteiger partial charge >= 0.3 is 0 Å². The number of nitrogens with zero attached hydrogens (tertiary/aromatic N) is 1. The highest BCUT2D eigenvalue weighted by Gasteiger charge is 2.18. The first kappa shape index (κ1) is 8.43. The van der Waals surface area contributed by atoms with Crippen LogP contribution in [0.4, 0.5) is 0 Å². The standard InChI is InChI=1S/C8H13NO2/c10-6-2-1-4-9-5-3-8(11)7-9/h1-2,6,8,11H,3-5,7H2/b2-1+. The van der Waals surface area contributed by atoms with E-state index in [9.17, 15) is 4.79 Å². The molecular weight excluding hydrogens is 142 g/mol. The molecular formula is C8H13NO2. The average Bonchev–Trinajstić information content (AvgIpc) is 2.37. The third kappa shape index (κ3) is 2.82. The van der Waals surface area contributed by atoms with Crippen molar-refractivity contribution >= 4 is 6.29 Å². The number of hydrogen-bond acceptors (Lipinski definition) is 3. The molecule has 1 N–H and O–H groups in total. The highest BCUT2D eigenvalue weighted by molar-refractivity contribution is 5.64. The van der Waals surface area contributed by atoms with Gasteiger partial charge in [-0.3, -0.25) is 9.69 Å². The summed E-state index contributed by atoms with van der Waals surface area (Å²) in [6, 6.07) is 0. The summed E-state index contributed by atoms with van der Waals surface area (Å²) in [5.74, 6) is 0. The summed E-state index contributed by atoms with van der Waals surface area (Å²) >= 11 is 0. The van der Waals surface area contributed by atoms with Crippen LogP contribution in [0.3, 0.4) is 0 Å². The number of β-amino-alcohol motifs (C(OH)–C–C–N with tert-alkyl or cyclic N) is 1. The van der Waals surface area contributed by atoms with Crippen LogP contribution in [0, 0.1) is 0 Å². The Morgan fingerprint density at radius 3 is 3.00 bits per heavy atom. The van der Waals surface area contributed by atoms with Gasteiger partial charge in [-0.1, -0.05) is 6.08 Å². The number of aliphatic hydroxyl groups excluding tert-OH is 1. The van der Waals surface area contributed by atoms with Crippen LogP contribution in [0.1, 0.15) is 6.42 Å². The molecule has 0 aromatic rings. The molecule has 3 nitrogen and oxygen atoms in total. The van der Waals surface area contributed by atoms with Gasteiger partial charge in [0, 0.05) is 19.6 Å². The fraction of sp³-hybridized carbons (Fsp3) is 0.625. The quantitative estimate of drug-likeness (QED) is 0.453. The van der Waals surface area contributed by atoms with E-state index in [1.165, 1.54) is 6.08 Å². The molecule has 1 atom stereocenters. The first-order valence-electron chi connectivity index (χ1n) is 3.83. The van der Waals surface area contributed by atoms with Gasteiger partial charge in [0.05, 0.1) is 6.10 Å². The zero-order valence-electron chi connectivity index (χ0n) is 6.44. The van der Waals surface area contributed by atoms with Crippen molar-refractivity contribution in [1.29, 1.82) is 0 Å². The van der Waals surface area contributed by atoms with Crippen LogP contribution in [0.15, 0.2) is 12.2 Å². The summed E-state index contributed by atoms with van der Waals surface area (Å²) in [4.78, 5) is 12.0. The van der Waals surface area contributed by atoms with E-state index in [1.807, 2.05) is 6.08 Å². The smallest absolute Gasteiger partial charge is 0.142 e. The molecule has 62 valence electrons. The Balaban J connectivity index is 2.17. The second kappa shape index (κ2) is 4.26. The van der Waals surface area contributed by atoms with Gasteiger partial charge in [0.2, 0.25) is 0 Å². The predicted octanol–water partition coefficient (Wildman–Crippen LogP) is -0.192. The minimum atomic E-state index is -0.167. The monoisotopic (exact) mass is 155 g/mol. The van der Waals surface area contributed by atoms with Crippen LogP contribution < -0.4 is 0 Å². The van der Waals surface area contributed by atoms with Gasteiger partial charge in [-0.2, -0.15) is 0 Å². The number of rotatable bonds is 3. The van der Waals surface area contributed by atoms with Crippen LogP contribution in [-0.2, 0) is 4.79 Å². The topological polar surface area (TPSA) is 40.5 Å². The maximum atomic E-state index is 9.89. The number of allylic oxidation sites excluding steroid dienone is 1. The largest absolute Gasteiger partial charge is 0.392 e. The number of aliphatic hydroxyl groups is 1. The van der Waals surface area contributed by atoms with Gasteiger partial charge in [-0.05, 0) is 12.5 Å². The molecule has 1 saturated heterocycles. The molecule has 11 heavy (non-hydrogen) atoms. The molecule has 1 aliphatic heterocycles. The zero-order valence-corrected chi connectivity index (χ0v) is 6.44. The fourth-order valence-electron chi connectivity index (χ4n) is 1.24. The Morgan fingerprint density at radius 2 is 2.45 bits per heavy atom. The normalized spacial score (nSPS) is 26.5. The van der Waals surface area contributed by atoms with Crippen molar-refractivity contribution in [3.05, 3.63) is 12.2 Å². The molecule has 0 aromatic heterocycles. The summed E-state index contributed by atoms with van der Waals surface area (Å²) in [6.45, 7) is 2.45. The van der Waals surface area contributed by atoms with E-state index < -0.39 is 0 Å². The maximum Gasteiger partial charge on any atom is 0.142 e. The molecule has 0 aliphatic carbocycles. The molecule has 1 unspecified atom stereocenters. The molecule has 1 rings (SSSR count). The van der Waals surface area contributed by atoms with Crippen molar-refractivity contribution in [3.63, 3.8) is 0 Å². The number of carbonyl (C=O) groups is 1. The minimum absolute atomic E-state index is 0.167. The Bertz CT molecular complexity index is 156. The molecule has 0 spiro atoms. The molecule has 1 heterocycles. The first-order valence-corrected chi connectivity index (χ1v) is 3.83. The lowest BCUT2D eigenvalue weighted by atomic mass is 10.3. The highest BCUT2D eigenvalue weighted by Crippen LogP contribution is 2.07. The molecule has 3 heteroatoms. The van der Waals surface area contributed by atoms with Crippen molar-refractivity contribution in [3.8, 4) is 0 Å². The molecule has 0 aromatic carbocycles. The van der Waals surface area contributed by atoms with Crippen LogP contribution >= 0.6 is 0 Å². The summed E-state index contributed by atoms with van der Waals surface area (Å²) in [5.41, 5.74) is 0. The molecule has 0 bridgehead atoms. The Kier molecular flexibility index (Phi) is 3.26. The van der Waals surface area contributed by atoms with E-state index >= 15 is 0 Å². The Hall–Kier alpha value is -0.670. The lowest BCUT2D eigenvalue weighted by molar-refractivity contribution is -0.104. The first-order chi connectivity index (χ1) is 5.33. The van der Waals surface area contributed by atoms with E-state index in [2.05, 4.69) is 4.90 Å². The van der Waals surface area contributed by atoms with Crippen molar-refractivity contribution in [2.45, 2.75) is 12.5 Å². The molecule has 0 amide bonds. The number of hydrogen-bond donors (Lipinski definition) is 1. The molecule has 1 fully saturated rings. The summed E-state index contributed by atoms with van der Waals surface area (Å²) in [7, 11) is 0. The van der Waals surface area contributed by atoms with Gasteiger partial charge in [0.25, 0.3) is 0 Å². The molecule has 1 aliphatic rings. The van der Waals surface area contributed by atoms with Gasteiger partial charge in [-0.15, -0.1) is 0 Å². The zero-order chi connectivity index (χ0) is 8.10. The van der Waals surface area contributed by atoms with Crippen molar-refractivity contribution in [2.24, 2.45) is 0 Å². The summed E-state index contributed by atoms with van der Waals surface area (Å²) in [5, 5.41) is 9.12. The van der Waals surface area contributed by atoms with Gasteiger partial charge in [0.15, 0.2) is 0 Å². The second-order valence-corrected chi connectivity index (χ2v) is 2.77. The molecule has 0 saturated carbocycles. The SMILES string of the molecule is O=C/C=C/CN1CCC(O)C1. The van der Waals surface area contributed by atoms with Gasteiger partial charge < -0.3 is 5.11 Å². The number of likely N-dealkylation sites (tertiary alicyclic amines) is 1. The van der Waals surface area contributed by atoms with Crippen LogP contribution in [0.5, 0.6) is 0 Å². The number of carbonyl (C=O) groups excluding carboxylic acids is 1. The Labute approximate surface area is 66.3 Å². The minimum Gasteiger partial charge on any atom is -0.392 e. The van der Waals surface area contributed by atoms with E-state index in [-0.39, 0.29) is 6.10 Å². The van der Waals surface area contributed by atoms with E-state index in [4.69, 9.17) is 5.11 Å². The van der Waals surface area contributed by atoms with Crippen molar-refractivity contribution in [2.75, 3.05) is 19.6 Å². The third-order valence-electron chi connectivity index (χ3n) is 1.83. The third-order valence-corrected chi connectivity index (χ3v) is 1.83. The predicted molar refractivity (Wildman–Crippen MR) is 42.3 cm³/mol. The maximum absolute atomic E-state index is 9.89. The average molecular weight is 155 g/mol. The highest BCUT2D eigenvalue weighted by atomic mass is 16.3. The lowest BCUT2D eigenvalue weighted by Gasteiger charge is -2.10. The molecule has 0 radical (unpaired) electrons. The Morgan fingerprint density at radius 1 is 1.64 bits per heavy atom. The fourth-order valence-corrected chi connectivity index (χ4v) is 1.24. The lowest BCUT2D eigenvalue weighted by Crippen LogP contribution is -2.21. The summed E-state index contributed by atoms with van der Waals surface area (Å²) in [6.07, 6.45) is 4.76. The van der Waals surface area contributed by atoms with Crippen LogP contribution in [-0.4, -0.2) is 42.0 Å². The summed E-state index contributed by atoms with van der Waals surface area (Å²) < 4.78 is 0. The van der Waals surface area contributed by atoms with Gasteiger partial charge in [-0.25, -0.2) is 0 Å². The van der Waals surface area contributed by atoms with E-state index in [1.54, 1.807) is 0 Å². The van der Waals surface area contributed by atoms with E-state index in [0.717, 1.165) is 32.3 Å². The van der Waals surface area contributed by atoms with Crippen LogP contribution in [0.25, 0.3) is 0 Å². The van der Waals surface area contributed by atoms with E-state index in [0.29, 0.717) is 0 Å². The van der Waals surface area contributed by atoms with Gasteiger partial charge in [0.1, 0.15) is 6.29 Å².